The van der Waals surface area contributed by atoms with Crippen molar-refractivity contribution in [2.75, 3.05) is 5.73 Å². The molecule has 2 aromatic rings. The third kappa shape index (κ3) is 2.28. The largest absolute Gasteiger partial charge is 0.398 e. The molecule has 0 heterocycles. The number of hydrogen-bond acceptors (Lipinski definition) is 2. The average molecular weight is 236 g/mol. The van der Waals surface area contributed by atoms with Crippen molar-refractivity contribution in [1.29, 1.82) is 0 Å². The minimum Gasteiger partial charge on any atom is -0.398 e. The third-order valence-electron chi connectivity index (χ3n) is 2.21. The summed E-state index contributed by atoms with van der Waals surface area (Å²) >= 11 is 10.1. The lowest BCUT2D eigenvalue weighted by Gasteiger charge is -2.04. The molecule has 0 amide bonds. The number of thiol groups is 1. The number of hydrogen-bond donors (Lipinski definition) is 2. The highest BCUT2D eigenvalue weighted by molar-refractivity contribution is 7.80. The highest BCUT2D eigenvalue weighted by Crippen LogP contribution is 2.26. The van der Waals surface area contributed by atoms with Gasteiger partial charge in [-0.25, -0.2) is 0 Å². The van der Waals surface area contributed by atoms with Crippen LogP contribution in [0, 0.1) is 0 Å². The predicted octanol–water partition coefficient (Wildman–Crippen LogP) is 3.88. The lowest BCUT2D eigenvalue weighted by Crippen LogP contribution is -1.87. The van der Waals surface area contributed by atoms with Gasteiger partial charge in [0.05, 0.1) is 0 Å². The van der Waals surface area contributed by atoms with E-state index in [9.17, 15) is 0 Å². The van der Waals surface area contributed by atoms with Gasteiger partial charge in [-0.15, -0.1) is 12.6 Å². The Balaban J connectivity index is 2.45. The van der Waals surface area contributed by atoms with Gasteiger partial charge in [0.25, 0.3) is 0 Å². The first-order valence-corrected chi connectivity index (χ1v) is 5.34. The second-order valence-electron chi connectivity index (χ2n) is 3.28. The van der Waals surface area contributed by atoms with E-state index in [1.807, 2.05) is 42.5 Å². The van der Waals surface area contributed by atoms with Crippen LogP contribution in [0.25, 0.3) is 11.1 Å². The number of nitrogens with two attached hydrogens (primary N) is 1. The Bertz CT molecular complexity index is 479. The van der Waals surface area contributed by atoms with Crippen molar-refractivity contribution >= 4 is 29.9 Å². The fourth-order valence-electron chi connectivity index (χ4n) is 1.37. The van der Waals surface area contributed by atoms with Crippen molar-refractivity contribution in [2.45, 2.75) is 4.90 Å². The second-order valence-corrected chi connectivity index (χ2v) is 4.20. The van der Waals surface area contributed by atoms with Crippen LogP contribution in [0.2, 0.25) is 5.02 Å². The molecule has 0 fully saturated rings. The molecule has 2 aromatic carbocycles. The van der Waals surface area contributed by atoms with Crippen LogP contribution in [-0.4, -0.2) is 0 Å². The molecule has 0 radical (unpaired) electrons. The topological polar surface area (TPSA) is 26.0 Å². The van der Waals surface area contributed by atoms with Crippen molar-refractivity contribution < 1.29 is 0 Å². The molecule has 0 aliphatic heterocycles. The van der Waals surface area contributed by atoms with Crippen LogP contribution >= 0.6 is 24.2 Å². The van der Waals surface area contributed by atoms with Gasteiger partial charge in [-0.2, -0.15) is 0 Å². The zero-order chi connectivity index (χ0) is 10.8. The summed E-state index contributed by atoms with van der Waals surface area (Å²) in [5.74, 6) is 0. The Morgan fingerprint density at radius 1 is 0.933 bits per heavy atom. The second kappa shape index (κ2) is 4.17. The zero-order valence-corrected chi connectivity index (χ0v) is 9.59. The average Bonchev–Trinajstić information content (AvgIpc) is 2.23. The smallest absolute Gasteiger partial charge is 0.0450 e. The van der Waals surface area contributed by atoms with Crippen LogP contribution in [0.3, 0.4) is 0 Å². The van der Waals surface area contributed by atoms with Crippen molar-refractivity contribution in [3.05, 3.63) is 47.5 Å². The third-order valence-corrected chi connectivity index (χ3v) is 2.85. The molecule has 0 aliphatic carbocycles. The molecule has 0 saturated carbocycles. The van der Waals surface area contributed by atoms with Gasteiger partial charge in [0.15, 0.2) is 0 Å². The van der Waals surface area contributed by atoms with Gasteiger partial charge in [0.1, 0.15) is 0 Å². The van der Waals surface area contributed by atoms with Gasteiger partial charge in [-0.05, 0) is 35.4 Å². The van der Waals surface area contributed by atoms with Crippen molar-refractivity contribution in [1.82, 2.24) is 0 Å². The molecule has 1 nitrogen and oxygen atoms in total. The number of nitrogen functional groups attached to an aromatic ring is 1. The van der Waals surface area contributed by atoms with Crippen LogP contribution in [0.5, 0.6) is 0 Å². The number of anilines is 1. The highest BCUT2D eigenvalue weighted by Gasteiger charge is 2.00. The van der Waals surface area contributed by atoms with Gasteiger partial charge in [0, 0.05) is 15.6 Å². The van der Waals surface area contributed by atoms with Crippen molar-refractivity contribution in [3.8, 4) is 11.1 Å². The summed E-state index contributed by atoms with van der Waals surface area (Å²) in [7, 11) is 0. The number of halogens is 1. The van der Waals surface area contributed by atoms with E-state index in [2.05, 4.69) is 12.6 Å². The van der Waals surface area contributed by atoms with Gasteiger partial charge in [-0.3, -0.25) is 0 Å². The molecular formula is C12H10ClNS. The molecule has 2 N–H and O–H groups in total. The van der Waals surface area contributed by atoms with E-state index in [1.165, 1.54) is 0 Å². The quantitative estimate of drug-likeness (QED) is 0.570. The summed E-state index contributed by atoms with van der Waals surface area (Å²) in [6, 6.07) is 13.4. The fourth-order valence-corrected chi connectivity index (χ4v) is 1.71. The Kier molecular flexibility index (Phi) is 2.89. The van der Waals surface area contributed by atoms with Crippen LogP contribution in [0.15, 0.2) is 47.4 Å². The van der Waals surface area contributed by atoms with Crippen LogP contribution in [0.4, 0.5) is 5.69 Å². The van der Waals surface area contributed by atoms with Crippen molar-refractivity contribution in [2.24, 2.45) is 0 Å². The minimum atomic E-state index is 0.691. The summed E-state index contributed by atoms with van der Waals surface area (Å²) in [6.45, 7) is 0. The number of rotatable bonds is 1. The molecule has 0 spiro atoms. The van der Waals surface area contributed by atoms with Gasteiger partial charge < -0.3 is 5.73 Å². The monoisotopic (exact) mass is 235 g/mol. The van der Waals surface area contributed by atoms with Crippen LogP contribution in [0.1, 0.15) is 0 Å². The molecule has 0 aliphatic rings. The molecule has 76 valence electrons. The highest BCUT2D eigenvalue weighted by atomic mass is 35.5. The maximum atomic E-state index is 5.82. The Labute approximate surface area is 99.3 Å². The van der Waals surface area contributed by atoms with Crippen LogP contribution < -0.4 is 5.73 Å². The maximum absolute atomic E-state index is 5.82. The summed E-state index contributed by atoms with van der Waals surface area (Å²) in [5.41, 5.74) is 8.58. The van der Waals surface area contributed by atoms with E-state index in [0.29, 0.717) is 5.69 Å². The first-order chi connectivity index (χ1) is 7.16. The van der Waals surface area contributed by atoms with E-state index >= 15 is 0 Å². The van der Waals surface area contributed by atoms with E-state index in [1.54, 1.807) is 0 Å². The molecule has 0 bridgehead atoms. The zero-order valence-electron chi connectivity index (χ0n) is 7.94. The van der Waals surface area contributed by atoms with Crippen molar-refractivity contribution in [3.63, 3.8) is 0 Å². The first-order valence-electron chi connectivity index (χ1n) is 4.51. The minimum absolute atomic E-state index is 0.691. The molecule has 0 aromatic heterocycles. The van der Waals surface area contributed by atoms with Crippen LogP contribution in [-0.2, 0) is 0 Å². The SMILES string of the molecule is Nc1ccc(-c2ccc(Cl)cc2)cc1S. The van der Waals surface area contributed by atoms with E-state index in [0.717, 1.165) is 21.0 Å². The molecule has 0 unspecified atom stereocenters. The normalized spacial score (nSPS) is 10.3. The lowest BCUT2D eigenvalue weighted by molar-refractivity contribution is 1.46. The Hall–Kier alpha value is -1.12. The molecule has 0 atom stereocenters. The summed E-state index contributed by atoms with van der Waals surface area (Å²) in [4.78, 5) is 0.794. The summed E-state index contributed by atoms with van der Waals surface area (Å²) in [5, 5.41) is 0.736. The summed E-state index contributed by atoms with van der Waals surface area (Å²) in [6.07, 6.45) is 0. The lowest BCUT2D eigenvalue weighted by atomic mass is 10.1. The molecular weight excluding hydrogens is 226 g/mol. The van der Waals surface area contributed by atoms with Gasteiger partial charge in [-0.1, -0.05) is 29.8 Å². The molecule has 3 heteroatoms. The standard InChI is InChI=1S/C12H10ClNS/c13-10-4-1-8(2-5-10)9-3-6-11(14)12(15)7-9/h1-7,15H,14H2. The predicted molar refractivity (Wildman–Crippen MR) is 68.6 cm³/mol. The van der Waals surface area contributed by atoms with E-state index in [-0.39, 0.29) is 0 Å². The molecule has 2 rings (SSSR count). The molecule has 0 saturated heterocycles. The maximum Gasteiger partial charge on any atom is 0.0450 e. The fraction of sp³-hybridized carbons (Fsp3) is 0. The van der Waals surface area contributed by atoms with E-state index in [4.69, 9.17) is 17.3 Å². The Morgan fingerprint density at radius 3 is 2.13 bits per heavy atom. The van der Waals surface area contributed by atoms with E-state index < -0.39 is 0 Å². The van der Waals surface area contributed by atoms with Gasteiger partial charge in [0.2, 0.25) is 0 Å². The molecule has 15 heavy (non-hydrogen) atoms. The number of benzene rings is 2. The Morgan fingerprint density at radius 2 is 1.53 bits per heavy atom. The first kappa shape index (κ1) is 10.4. The summed E-state index contributed by atoms with van der Waals surface area (Å²) < 4.78 is 0. The van der Waals surface area contributed by atoms with Gasteiger partial charge >= 0.3 is 0 Å².